The van der Waals surface area contributed by atoms with Crippen LogP contribution in [0.4, 0.5) is 4.39 Å². The summed E-state index contributed by atoms with van der Waals surface area (Å²) in [5.74, 6) is -0.750. The van der Waals surface area contributed by atoms with Crippen LogP contribution in [0.5, 0.6) is 0 Å². The molecule has 2 aromatic carbocycles. The molecular weight excluding hydrogens is 331 g/mol. The third-order valence-corrected chi connectivity index (χ3v) is 3.92. The molecule has 4 nitrogen and oxygen atoms in total. The Morgan fingerprint density at radius 2 is 2.00 bits per heavy atom. The summed E-state index contributed by atoms with van der Waals surface area (Å²) in [7, 11) is 0. The lowest BCUT2D eigenvalue weighted by molar-refractivity contribution is 0.0902. The van der Waals surface area contributed by atoms with E-state index >= 15 is 0 Å². The predicted molar refractivity (Wildman–Crippen MR) is 89.2 cm³/mol. The van der Waals surface area contributed by atoms with Crippen molar-refractivity contribution in [2.24, 2.45) is 0 Å². The van der Waals surface area contributed by atoms with Gasteiger partial charge >= 0.3 is 0 Å². The van der Waals surface area contributed by atoms with Gasteiger partial charge in [-0.3, -0.25) is 4.79 Å². The van der Waals surface area contributed by atoms with Crippen LogP contribution in [0.1, 0.15) is 29.1 Å². The highest BCUT2D eigenvalue weighted by molar-refractivity contribution is 6.31. The maximum absolute atomic E-state index is 13.3. The van der Waals surface area contributed by atoms with Crippen molar-refractivity contribution in [3.05, 3.63) is 76.8 Å². The topological polar surface area (TPSA) is 55.1 Å². The second-order valence-electron chi connectivity index (χ2n) is 5.30. The van der Waals surface area contributed by atoms with E-state index < -0.39 is 5.91 Å². The van der Waals surface area contributed by atoms with E-state index in [0.717, 1.165) is 5.56 Å². The first-order valence-corrected chi connectivity index (χ1v) is 7.70. The van der Waals surface area contributed by atoms with Crippen molar-refractivity contribution < 1.29 is 13.7 Å². The first-order chi connectivity index (χ1) is 11.5. The van der Waals surface area contributed by atoms with E-state index in [9.17, 15) is 9.18 Å². The SMILES string of the molecule is CC(NC(=O)c1cc(-c2cccc(F)c2)no1)c1ccccc1Cl. The highest BCUT2D eigenvalue weighted by Crippen LogP contribution is 2.23. The third-order valence-electron chi connectivity index (χ3n) is 3.57. The first kappa shape index (κ1) is 16.2. The van der Waals surface area contributed by atoms with Crippen molar-refractivity contribution in [2.75, 3.05) is 0 Å². The average molecular weight is 345 g/mol. The molecule has 0 bridgehead atoms. The van der Waals surface area contributed by atoms with Crippen molar-refractivity contribution >= 4 is 17.5 Å². The third kappa shape index (κ3) is 3.46. The molecule has 1 atom stereocenters. The number of halogens is 2. The summed E-state index contributed by atoms with van der Waals surface area (Å²) in [4.78, 5) is 12.3. The number of nitrogens with one attached hydrogen (secondary N) is 1. The van der Waals surface area contributed by atoms with Crippen molar-refractivity contribution in [3.63, 3.8) is 0 Å². The minimum Gasteiger partial charge on any atom is -0.350 e. The predicted octanol–water partition coefficient (Wildman–Crippen LogP) is 4.63. The molecule has 1 aromatic heterocycles. The van der Waals surface area contributed by atoms with Crippen molar-refractivity contribution in [1.82, 2.24) is 10.5 Å². The first-order valence-electron chi connectivity index (χ1n) is 7.32. The van der Waals surface area contributed by atoms with Crippen LogP contribution in [-0.4, -0.2) is 11.1 Å². The molecule has 0 spiro atoms. The number of hydrogen-bond acceptors (Lipinski definition) is 3. The van der Waals surface area contributed by atoms with Gasteiger partial charge in [0.2, 0.25) is 5.76 Å². The molecule has 0 aliphatic rings. The maximum atomic E-state index is 13.3. The second kappa shape index (κ2) is 6.84. The van der Waals surface area contributed by atoms with Crippen molar-refractivity contribution in [1.29, 1.82) is 0 Å². The molecule has 0 aliphatic carbocycles. The number of nitrogens with zero attached hydrogens (tertiary/aromatic N) is 1. The van der Waals surface area contributed by atoms with E-state index in [-0.39, 0.29) is 17.6 Å². The number of amides is 1. The van der Waals surface area contributed by atoms with Gasteiger partial charge in [0, 0.05) is 16.7 Å². The molecule has 0 saturated carbocycles. The summed E-state index contributed by atoms with van der Waals surface area (Å²) >= 11 is 6.12. The summed E-state index contributed by atoms with van der Waals surface area (Å²) < 4.78 is 18.3. The molecule has 3 rings (SSSR count). The fourth-order valence-corrected chi connectivity index (χ4v) is 2.64. The van der Waals surface area contributed by atoms with E-state index in [0.29, 0.717) is 16.3 Å². The number of aromatic nitrogens is 1. The Bertz CT molecular complexity index is 879. The number of rotatable bonds is 4. The lowest BCUT2D eigenvalue weighted by Gasteiger charge is -2.14. The summed E-state index contributed by atoms with van der Waals surface area (Å²) in [6.07, 6.45) is 0. The van der Waals surface area contributed by atoms with Gasteiger partial charge in [-0.05, 0) is 30.7 Å². The number of carbonyl (C=O) groups excluding carboxylic acids is 1. The maximum Gasteiger partial charge on any atom is 0.290 e. The fourth-order valence-electron chi connectivity index (χ4n) is 2.34. The molecule has 1 unspecified atom stereocenters. The normalized spacial score (nSPS) is 12.0. The highest BCUT2D eigenvalue weighted by atomic mass is 35.5. The Morgan fingerprint density at radius 1 is 1.21 bits per heavy atom. The molecule has 1 amide bonds. The molecule has 122 valence electrons. The van der Waals surface area contributed by atoms with Crippen LogP contribution in [0.25, 0.3) is 11.3 Å². The van der Waals surface area contributed by atoms with E-state index in [2.05, 4.69) is 10.5 Å². The lowest BCUT2D eigenvalue weighted by Crippen LogP contribution is -2.26. The summed E-state index contributed by atoms with van der Waals surface area (Å²) in [6, 6.07) is 14.4. The van der Waals surface area contributed by atoms with Gasteiger partial charge in [0.15, 0.2) is 0 Å². The van der Waals surface area contributed by atoms with Crippen molar-refractivity contribution in [3.8, 4) is 11.3 Å². The zero-order valence-corrected chi connectivity index (χ0v) is 13.5. The van der Waals surface area contributed by atoms with Crippen LogP contribution in [0.15, 0.2) is 59.1 Å². The smallest absolute Gasteiger partial charge is 0.290 e. The molecule has 0 aliphatic heterocycles. The lowest BCUT2D eigenvalue weighted by atomic mass is 10.1. The van der Waals surface area contributed by atoms with Crippen LogP contribution in [0, 0.1) is 5.82 Å². The molecule has 6 heteroatoms. The van der Waals surface area contributed by atoms with Crippen LogP contribution < -0.4 is 5.32 Å². The molecule has 0 saturated heterocycles. The van der Waals surface area contributed by atoms with Gasteiger partial charge in [0.1, 0.15) is 11.5 Å². The molecule has 0 radical (unpaired) electrons. The molecule has 0 fully saturated rings. The fraction of sp³-hybridized carbons (Fsp3) is 0.111. The Kier molecular flexibility index (Phi) is 4.62. The quantitative estimate of drug-likeness (QED) is 0.751. The highest BCUT2D eigenvalue weighted by Gasteiger charge is 2.18. The second-order valence-corrected chi connectivity index (χ2v) is 5.71. The zero-order valence-electron chi connectivity index (χ0n) is 12.8. The van der Waals surface area contributed by atoms with Crippen LogP contribution in [0.3, 0.4) is 0 Å². The molecule has 1 heterocycles. The minimum atomic E-state index is -0.419. The van der Waals surface area contributed by atoms with Gasteiger partial charge in [-0.2, -0.15) is 0 Å². The van der Waals surface area contributed by atoms with Crippen LogP contribution >= 0.6 is 11.6 Å². The van der Waals surface area contributed by atoms with Crippen LogP contribution in [-0.2, 0) is 0 Å². The van der Waals surface area contributed by atoms with E-state index in [1.165, 1.54) is 18.2 Å². The van der Waals surface area contributed by atoms with Crippen molar-refractivity contribution in [2.45, 2.75) is 13.0 Å². The molecule has 3 aromatic rings. The Labute approximate surface area is 143 Å². The molecule has 24 heavy (non-hydrogen) atoms. The Hall–Kier alpha value is -2.66. The largest absolute Gasteiger partial charge is 0.350 e. The standard InChI is InChI=1S/C18H14ClFN2O2/c1-11(14-7-2-3-8-15(14)19)21-18(23)17-10-16(22-24-17)12-5-4-6-13(20)9-12/h2-11H,1H3,(H,21,23). The average Bonchev–Trinajstić information content (AvgIpc) is 3.05. The summed E-state index contributed by atoms with van der Waals surface area (Å²) in [6.45, 7) is 1.82. The monoisotopic (exact) mass is 344 g/mol. The Morgan fingerprint density at radius 3 is 2.75 bits per heavy atom. The van der Waals surface area contributed by atoms with Gasteiger partial charge in [-0.15, -0.1) is 0 Å². The number of benzene rings is 2. The number of carbonyl (C=O) groups is 1. The summed E-state index contributed by atoms with van der Waals surface area (Å²) in [5, 5.41) is 7.19. The molecular formula is C18H14ClFN2O2. The molecule has 1 N–H and O–H groups in total. The van der Waals surface area contributed by atoms with E-state index in [1.54, 1.807) is 18.2 Å². The van der Waals surface area contributed by atoms with Gasteiger partial charge in [0.05, 0.1) is 6.04 Å². The number of hydrogen-bond donors (Lipinski definition) is 1. The van der Waals surface area contributed by atoms with Gasteiger partial charge in [-0.1, -0.05) is 47.1 Å². The van der Waals surface area contributed by atoms with E-state index in [4.69, 9.17) is 16.1 Å². The minimum absolute atomic E-state index is 0.0492. The van der Waals surface area contributed by atoms with Gasteiger partial charge in [0.25, 0.3) is 5.91 Å². The van der Waals surface area contributed by atoms with Gasteiger partial charge in [-0.25, -0.2) is 4.39 Å². The Balaban J connectivity index is 1.76. The van der Waals surface area contributed by atoms with Gasteiger partial charge < -0.3 is 9.84 Å². The zero-order chi connectivity index (χ0) is 17.1. The van der Waals surface area contributed by atoms with Crippen LogP contribution in [0.2, 0.25) is 5.02 Å². The summed E-state index contributed by atoms with van der Waals surface area (Å²) in [5.41, 5.74) is 1.74. The van der Waals surface area contributed by atoms with E-state index in [1.807, 2.05) is 25.1 Å².